The van der Waals surface area contributed by atoms with E-state index in [0.717, 1.165) is 0 Å². The average Bonchev–Trinajstić information content (AvgIpc) is 2.52. The van der Waals surface area contributed by atoms with Crippen molar-refractivity contribution < 1.29 is 9.50 Å². The van der Waals surface area contributed by atoms with Crippen molar-refractivity contribution in [2.24, 2.45) is 0 Å². The number of hydrogen-bond donors (Lipinski definition) is 2. The second-order valence-electron chi connectivity index (χ2n) is 4.92. The van der Waals surface area contributed by atoms with Crippen molar-refractivity contribution in [3.8, 4) is 0 Å². The van der Waals surface area contributed by atoms with Crippen LogP contribution in [0.2, 0.25) is 10.0 Å². The highest BCUT2D eigenvalue weighted by Gasteiger charge is 2.16. The lowest BCUT2D eigenvalue weighted by atomic mass is 10.1. The van der Waals surface area contributed by atoms with Crippen LogP contribution in [-0.4, -0.2) is 21.6 Å². The molecule has 0 saturated carbocycles. The molecule has 1 atom stereocenters. The van der Waals surface area contributed by atoms with E-state index in [1.54, 1.807) is 24.3 Å². The number of nitrogens with one attached hydrogen (secondary N) is 1. The van der Waals surface area contributed by atoms with Crippen molar-refractivity contribution in [2.45, 2.75) is 6.10 Å². The summed E-state index contributed by atoms with van der Waals surface area (Å²) in [5, 5.41) is 14.6. The first-order valence-corrected chi connectivity index (χ1v) is 7.58. The minimum absolute atomic E-state index is 0.117. The molecule has 1 aromatic heterocycles. The summed E-state index contributed by atoms with van der Waals surface area (Å²) < 4.78 is 13.4. The number of aromatic nitrogens is 2. The Morgan fingerprint density at radius 2 is 1.87 bits per heavy atom. The Kier molecular flexibility index (Phi) is 4.61. The Labute approximate surface area is 141 Å². The fraction of sp³-hybridized carbons (Fsp3) is 0.125. The maximum atomic E-state index is 13.4. The third-order valence-corrected chi connectivity index (χ3v) is 4.05. The molecular formula is C16H12Cl2FN3O. The Bertz CT molecular complexity index is 840. The number of hydrogen-bond acceptors (Lipinski definition) is 4. The number of nitrogens with zero attached hydrogens (tertiary/aromatic N) is 2. The molecule has 0 radical (unpaired) electrons. The van der Waals surface area contributed by atoms with E-state index in [4.69, 9.17) is 23.2 Å². The van der Waals surface area contributed by atoms with Crippen molar-refractivity contribution in [1.82, 2.24) is 9.97 Å². The van der Waals surface area contributed by atoms with E-state index in [-0.39, 0.29) is 12.4 Å². The van der Waals surface area contributed by atoms with Crippen LogP contribution in [0, 0.1) is 5.82 Å². The normalized spacial score (nSPS) is 12.3. The summed E-state index contributed by atoms with van der Waals surface area (Å²) in [6, 6.07) is 9.25. The molecule has 1 unspecified atom stereocenters. The highest BCUT2D eigenvalue weighted by Crippen LogP contribution is 2.30. The van der Waals surface area contributed by atoms with Gasteiger partial charge >= 0.3 is 0 Å². The third-order valence-electron chi connectivity index (χ3n) is 3.39. The first-order valence-electron chi connectivity index (χ1n) is 6.82. The molecule has 0 saturated heterocycles. The molecule has 3 aromatic rings. The van der Waals surface area contributed by atoms with Crippen LogP contribution in [0.1, 0.15) is 11.7 Å². The number of anilines is 1. The molecule has 0 fully saturated rings. The lowest BCUT2D eigenvalue weighted by Crippen LogP contribution is -2.14. The molecule has 4 nitrogen and oxygen atoms in total. The van der Waals surface area contributed by atoms with Crippen molar-refractivity contribution in [3.63, 3.8) is 0 Å². The fourth-order valence-electron chi connectivity index (χ4n) is 2.29. The molecule has 2 N–H and O–H groups in total. The van der Waals surface area contributed by atoms with Crippen molar-refractivity contribution in [3.05, 3.63) is 64.2 Å². The monoisotopic (exact) mass is 351 g/mol. The molecular weight excluding hydrogens is 340 g/mol. The second kappa shape index (κ2) is 6.66. The van der Waals surface area contributed by atoms with E-state index in [1.165, 1.54) is 18.5 Å². The van der Waals surface area contributed by atoms with Gasteiger partial charge in [-0.1, -0.05) is 29.3 Å². The minimum Gasteiger partial charge on any atom is -0.386 e. The summed E-state index contributed by atoms with van der Waals surface area (Å²) in [6.45, 7) is 0.117. The summed E-state index contributed by atoms with van der Waals surface area (Å²) in [6.07, 6.45) is 0.437. The van der Waals surface area contributed by atoms with E-state index in [9.17, 15) is 9.50 Å². The van der Waals surface area contributed by atoms with Gasteiger partial charge in [0, 0.05) is 27.5 Å². The maximum absolute atomic E-state index is 13.4. The number of aliphatic hydroxyl groups is 1. The number of rotatable bonds is 4. The average molecular weight is 352 g/mol. The molecule has 0 amide bonds. The topological polar surface area (TPSA) is 58.0 Å². The zero-order valence-corrected chi connectivity index (χ0v) is 13.3. The van der Waals surface area contributed by atoms with Crippen LogP contribution in [0.5, 0.6) is 0 Å². The van der Waals surface area contributed by atoms with Crippen LogP contribution in [0.25, 0.3) is 10.9 Å². The van der Waals surface area contributed by atoms with E-state index in [1.807, 2.05) is 0 Å². The van der Waals surface area contributed by atoms with Gasteiger partial charge in [0.15, 0.2) is 0 Å². The van der Waals surface area contributed by atoms with Gasteiger partial charge in [-0.15, -0.1) is 0 Å². The molecule has 2 aromatic carbocycles. The maximum Gasteiger partial charge on any atom is 0.137 e. The second-order valence-corrected chi connectivity index (χ2v) is 5.73. The first-order chi connectivity index (χ1) is 11.1. The SMILES string of the molecule is OC(CNc1ncnc2ccc(F)cc12)c1c(Cl)cccc1Cl. The molecule has 23 heavy (non-hydrogen) atoms. The van der Waals surface area contributed by atoms with Gasteiger partial charge in [-0.05, 0) is 30.3 Å². The van der Waals surface area contributed by atoms with Crippen LogP contribution >= 0.6 is 23.2 Å². The van der Waals surface area contributed by atoms with Crippen molar-refractivity contribution in [2.75, 3.05) is 11.9 Å². The molecule has 118 valence electrons. The highest BCUT2D eigenvalue weighted by molar-refractivity contribution is 6.36. The smallest absolute Gasteiger partial charge is 0.137 e. The number of benzene rings is 2. The Balaban J connectivity index is 1.85. The first kappa shape index (κ1) is 15.9. The van der Waals surface area contributed by atoms with Gasteiger partial charge in [0.05, 0.1) is 11.6 Å². The molecule has 0 spiro atoms. The summed E-state index contributed by atoms with van der Waals surface area (Å²) in [5.74, 6) is 0.0433. The molecule has 7 heteroatoms. The summed E-state index contributed by atoms with van der Waals surface area (Å²) in [4.78, 5) is 8.17. The molecule has 0 aliphatic heterocycles. The van der Waals surface area contributed by atoms with Gasteiger partial charge in [0.25, 0.3) is 0 Å². The van der Waals surface area contributed by atoms with Gasteiger partial charge in [-0.25, -0.2) is 14.4 Å². The van der Waals surface area contributed by atoms with Crippen molar-refractivity contribution in [1.29, 1.82) is 0 Å². The minimum atomic E-state index is -0.935. The van der Waals surface area contributed by atoms with E-state index in [0.29, 0.717) is 32.3 Å². The molecule has 1 heterocycles. The van der Waals surface area contributed by atoms with Gasteiger partial charge < -0.3 is 10.4 Å². The third kappa shape index (κ3) is 3.37. The predicted molar refractivity (Wildman–Crippen MR) is 89.4 cm³/mol. The zero-order chi connectivity index (χ0) is 16.4. The van der Waals surface area contributed by atoms with E-state index < -0.39 is 6.10 Å². The van der Waals surface area contributed by atoms with Crippen LogP contribution in [0.3, 0.4) is 0 Å². The Morgan fingerprint density at radius 3 is 2.61 bits per heavy atom. The fourth-order valence-corrected chi connectivity index (χ4v) is 2.94. The lowest BCUT2D eigenvalue weighted by Gasteiger charge is -2.16. The predicted octanol–water partition coefficient (Wildman–Crippen LogP) is 4.22. The van der Waals surface area contributed by atoms with Gasteiger partial charge in [-0.2, -0.15) is 0 Å². The highest BCUT2D eigenvalue weighted by atomic mass is 35.5. The van der Waals surface area contributed by atoms with Gasteiger partial charge in [-0.3, -0.25) is 0 Å². The largest absolute Gasteiger partial charge is 0.386 e. The lowest BCUT2D eigenvalue weighted by molar-refractivity contribution is 0.192. The van der Waals surface area contributed by atoms with Crippen LogP contribution < -0.4 is 5.32 Å². The summed E-state index contributed by atoms with van der Waals surface area (Å²) >= 11 is 12.1. The molecule has 3 rings (SSSR count). The molecule has 0 aliphatic carbocycles. The Hall–Kier alpha value is -1.95. The quantitative estimate of drug-likeness (QED) is 0.738. The standard InChI is InChI=1S/C16H12Cl2FN3O/c17-11-2-1-3-12(18)15(11)14(23)7-20-16-10-6-9(19)4-5-13(10)21-8-22-16/h1-6,8,14,23H,7H2,(H,20,21,22). The van der Waals surface area contributed by atoms with E-state index >= 15 is 0 Å². The summed E-state index contributed by atoms with van der Waals surface area (Å²) in [7, 11) is 0. The van der Waals surface area contributed by atoms with Gasteiger partial charge in [0.2, 0.25) is 0 Å². The number of halogens is 3. The van der Waals surface area contributed by atoms with Crippen LogP contribution in [-0.2, 0) is 0 Å². The van der Waals surface area contributed by atoms with E-state index in [2.05, 4.69) is 15.3 Å². The zero-order valence-electron chi connectivity index (χ0n) is 11.8. The van der Waals surface area contributed by atoms with Gasteiger partial charge in [0.1, 0.15) is 18.0 Å². The van der Waals surface area contributed by atoms with Crippen LogP contribution in [0.4, 0.5) is 10.2 Å². The molecule has 0 bridgehead atoms. The van der Waals surface area contributed by atoms with Crippen molar-refractivity contribution >= 4 is 39.9 Å². The number of fused-ring (bicyclic) bond motifs is 1. The number of aliphatic hydroxyl groups excluding tert-OH is 1. The Morgan fingerprint density at radius 1 is 1.13 bits per heavy atom. The van der Waals surface area contributed by atoms with Crippen LogP contribution in [0.15, 0.2) is 42.7 Å². The summed E-state index contributed by atoms with van der Waals surface area (Å²) in [5.41, 5.74) is 1.04. The molecule has 0 aliphatic rings.